The van der Waals surface area contributed by atoms with Gasteiger partial charge in [-0.3, -0.25) is 0 Å². The average Bonchev–Trinajstić information content (AvgIpc) is 2.72. The van der Waals surface area contributed by atoms with Gasteiger partial charge in [-0.05, 0) is 43.6 Å². The zero-order valence-electron chi connectivity index (χ0n) is 12.3. The van der Waals surface area contributed by atoms with Gasteiger partial charge in [0.2, 0.25) is 0 Å². The number of halogens is 1. The fourth-order valence-electron chi connectivity index (χ4n) is 2.88. The van der Waals surface area contributed by atoms with Gasteiger partial charge in [0.05, 0.1) is 19.3 Å². The van der Waals surface area contributed by atoms with Gasteiger partial charge in [-0.1, -0.05) is 12.5 Å². The summed E-state index contributed by atoms with van der Waals surface area (Å²) in [4.78, 5) is 2.34. The lowest BCUT2D eigenvalue weighted by Gasteiger charge is -2.28. The fourth-order valence-corrected chi connectivity index (χ4v) is 2.88. The maximum absolute atomic E-state index is 10.4. The lowest BCUT2D eigenvalue weighted by molar-refractivity contribution is 0.101. The third-order valence-corrected chi connectivity index (χ3v) is 4.04. The van der Waals surface area contributed by atoms with Crippen LogP contribution in [0.3, 0.4) is 0 Å². The van der Waals surface area contributed by atoms with Crippen LogP contribution in [-0.4, -0.2) is 42.9 Å². The number of β-amino-alcohol motifs (C(OH)–C–C–N with tert-alkyl or cyclic N) is 1. The summed E-state index contributed by atoms with van der Waals surface area (Å²) in [6.45, 7) is 4.28. The molecule has 1 aromatic carbocycles. The fraction of sp³-hybridized carbons (Fsp3) is 0.625. The quantitative estimate of drug-likeness (QED) is 0.932. The molecule has 21 heavy (non-hydrogen) atoms. The van der Waals surface area contributed by atoms with E-state index in [4.69, 9.17) is 9.47 Å². The molecule has 2 aliphatic rings. The molecule has 118 valence electrons. The van der Waals surface area contributed by atoms with Crippen LogP contribution in [0.4, 0.5) is 0 Å². The summed E-state index contributed by atoms with van der Waals surface area (Å²) in [6, 6.07) is 5.78. The molecule has 0 bridgehead atoms. The van der Waals surface area contributed by atoms with E-state index in [9.17, 15) is 5.11 Å². The highest BCUT2D eigenvalue weighted by molar-refractivity contribution is 5.85. The Kier molecular flexibility index (Phi) is 6.15. The lowest BCUT2D eigenvalue weighted by atomic mass is 10.1. The number of aliphatic hydroxyl groups is 1. The highest BCUT2D eigenvalue weighted by Gasteiger charge is 2.18. The molecule has 0 spiro atoms. The van der Waals surface area contributed by atoms with E-state index in [1.54, 1.807) is 0 Å². The monoisotopic (exact) mass is 313 g/mol. The van der Waals surface area contributed by atoms with Crippen LogP contribution in [0, 0.1) is 0 Å². The molecular formula is C16H24ClNO3. The SMILES string of the molecule is Cl.OC(CN1CCCCC1)c1ccc2c(c1)OCCCO2. The van der Waals surface area contributed by atoms with E-state index >= 15 is 0 Å². The van der Waals surface area contributed by atoms with E-state index < -0.39 is 6.10 Å². The third-order valence-electron chi connectivity index (χ3n) is 4.04. The summed E-state index contributed by atoms with van der Waals surface area (Å²) in [5.74, 6) is 1.55. The van der Waals surface area contributed by atoms with Crippen molar-refractivity contribution in [3.8, 4) is 11.5 Å². The molecule has 0 radical (unpaired) electrons. The second kappa shape index (κ2) is 7.87. The van der Waals surface area contributed by atoms with Crippen LogP contribution in [0.5, 0.6) is 11.5 Å². The minimum atomic E-state index is -0.453. The molecule has 1 saturated heterocycles. The molecule has 3 rings (SSSR count). The normalized spacial score (nSPS) is 20.2. The summed E-state index contributed by atoms with van der Waals surface area (Å²) in [5, 5.41) is 10.4. The van der Waals surface area contributed by atoms with E-state index in [1.165, 1.54) is 19.3 Å². The van der Waals surface area contributed by atoms with Gasteiger partial charge >= 0.3 is 0 Å². The average molecular weight is 314 g/mol. The number of fused-ring (bicyclic) bond motifs is 1. The van der Waals surface area contributed by atoms with Crippen molar-refractivity contribution in [1.29, 1.82) is 0 Å². The topological polar surface area (TPSA) is 41.9 Å². The van der Waals surface area contributed by atoms with Crippen molar-refractivity contribution in [2.75, 3.05) is 32.8 Å². The van der Waals surface area contributed by atoms with Crippen LogP contribution in [-0.2, 0) is 0 Å². The largest absolute Gasteiger partial charge is 0.490 e. The molecule has 0 aliphatic carbocycles. The van der Waals surface area contributed by atoms with Gasteiger partial charge in [0.25, 0.3) is 0 Å². The Morgan fingerprint density at radius 1 is 1.00 bits per heavy atom. The molecular weight excluding hydrogens is 290 g/mol. The van der Waals surface area contributed by atoms with Crippen molar-refractivity contribution in [3.63, 3.8) is 0 Å². The van der Waals surface area contributed by atoms with Gasteiger partial charge in [-0.25, -0.2) is 0 Å². The lowest BCUT2D eigenvalue weighted by Crippen LogP contribution is -2.33. The van der Waals surface area contributed by atoms with Crippen LogP contribution in [0.25, 0.3) is 0 Å². The third kappa shape index (κ3) is 4.25. The Hall–Kier alpha value is -0.970. The summed E-state index contributed by atoms with van der Waals surface area (Å²) in [6.07, 6.45) is 4.25. The zero-order chi connectivity index (χ0) is 13.8. The maximum atomic E-state index is 10.4. The highest BCUT2D eigenvalue weighted by Crippen LogP contribution is 2.32. The molecule has 1 aromatic rings. The first-order valence-electron chi connectivity index (χ1n) is 7.63. The minimum Gasteiger partial charge on any atom is -0.490 e. The first-order valence-corrected chi connectivity index (χ1v) is 7.63. The maximum Gasteiger partial charge on any atom is 0.161 e. The van der Waals surface area contributed by atoms with E-state index in [2.05, 4.69) is 4.90 Å². The van der Waals surface area contributed by atoms with Gasteiger partial charge in [0.15, 0.2) is 11.5 Å². The molecule has 2 heterocycles. The first-order chi connectivity index (χ1) is 9.83. The van der Waals surface area contributed by atoms with Crippen molar-refractivity contribution in [3.05, 3.63) is 23.8 Å². The second-order valence-electron chi connectivity index (χ2n) is 5.63. The summed E-state index contributed by atoms with van der Waals surface area (Å²) in [7, 11) is 0. The van der Waals surface area contributed by atoms with E-state index in [0.29, 0.717) is 19.8 Å². The highest BCUT2D eigenvalue weighted by atomic mass is 35.5. The number of piperidine rings is 1. The number of hydrogen-bond donors (Lipinski definition) is 1. The Bertz CT molecular complexity index is 449. The number of benzene rings is 1. The van der Waals surface area contributed by atoms with Crippen LogP contribution >= 0.6 is 12.4 Å². The Balaban J connectivity index is 0.00000161. The number of likely N-dealkylation sites (tertiary alicyclic amines) is 1. The Labute approximate surface area is 132 Å². The second-order valence-corrected chi connectivity index (χ2v) is 5.63. The Morgan fingerprint density at radius 3 is 2.48 bits per heavy atom. The van der Waals surface area contributed by atoms with Gasteiger partial charge in [0.1, 0.15) is 0 Å². The number of nitrogens with zero attached hydrogens (tertiary/aromatic N) is 1. The van der Waals surface area contributed by atoms with Gasteiger partial charge in [0, 0.05) is 13.0 Å². The molecule has 2 aliphatic heterocycles. The molecule has 5 heteroatoms. The standard InChI is InChI=1S/C16H23NO3.ClH/c18-14(12-17-7-2-1-3-8-17)13-5-6-15-16(11-13)20-10-4-9-19-15;/h5-6,11,14,18H,1-4,7-10,12H2;1H. The van der Waals surface area contributed by atoms with Crippen LogP contribution in [0.15, 0.2) is 18.2 Å². The molecule has 1 N–H and O–H groups in total. The number of hydrogen-bond acceptors (Lipinski definition) is 4. The first kappa shape index (κ1) is 16.4. The van der Waals surface area contributed by atoms with E-state index in [1.807, 2.05) is 18.2 Å². The minimum absolute atomic E-state index is 0. The number of aliphatic hydroxyl groups excluding tert-OH is 1. The smallest absolute Gasteiger partial charge is 0.161 e. The predicted molar refractivity (Wildman–Crippen MR) is 84.5 cm³/mol. The molecule has 4 nitrogen and oxygen atoms in total. The van der Waals surface area contributed by atoms with Gasteiger partial charge in [-0.15, -0.1) is 12.4 Å². The summed E-state index contributed by atoms with van der Waals surface area (Å²) in [5.41, 5.74) is 0.917. The van der Waals surface area contributed by atoms with Crippen molar-refractivity contribution >= 4 is 12.4 Å². The predicted octanol–water partition coefficient (Wildman–Crippen LogP) is 2.79. The molecule has 0 amide bonds. The molecule has 1 fully saturated rings. The van der Waals surface area contributed by atoms with Crippen LogP contribution in [0.1, 0.15) is 37.4 Å². The molecule has 0 saturated carbocycles. The van der Waals surface area contributed by atoms with Crippen molar-refractivity contribution in [2.45, 2.75) is 31.8 Å². The number of rotatable bonds is 3. The van der Waals surface area contributed by atoms with Gasteiger partial charge in [-0.2, -0.15) is 0 Å². The van der Waals surface area contributed by atoms with Crippen molar-refractivity contribution in [1.82, 2.24) is 4.90 Å². The number of ether oxygens (including phenoxy) is 2. The molecule has 1 atom stereocenters. The Morgan fingerprint density at radius 2 is 1.71 bits per heavy atom. The van der Waals surface area contributed by atoms with Crippen LogP contribution in [0.2, 0.25) is 0 Å². The van der Waals surface area contributed by atoms with Crippen LogP contribution < -0.4 is 9.47 Å². The summed E-state index contributed by atoms with van der Waals surface area (Å²) < 4.78 is 11.3. The molecule has 1 unspecified atom stereocenters. The van der Waals surface area contributed by atoms with E-state index in [-0.39, 0.29) is 12.4 Å². The molecule has 0 aromatic heterocycles. The van der Waals surface area contributed by atoms with Crippen molar-refractivity contribution in [2.24, 2.45) is 0 Å². The van der Waals surface area contributed by atoms with Crippen molar-refractivity contribution < 1.29 is 14.6 Å². The zero-order valence-corrected chi connectivity index (χ0v) is 13.1. The van der Waals surface area contributed by atoms with Gasteiger partial charge < -0.3 is 19.5 Å². The van der Waals surface area contributed by atoms with E-state index in [0.717, 1.165) is 36.6 Å². The summed E-state index contributed by atoms with van der Waals surface area (Å²) >= 11 is 0.